The van der Waals surface area contributed by atoms with Gasteiger partial charge in [-0.15, -0.1) is 0 Å². The molecule has 21 heavy (non-hydrogen) atoms. The summed E-state index contributed by atoms with van der Waals surface area (Å²) in [6, 6.07) is 22.0. The fraction of sp³-hybridized carbons (Fsp3) is 0.400. The highest BCUT2D eigenvalue weighted by molar-refractivity contribution is 5.40. The molecule has 1 aliphatic rings. The van der Waals surface area contributed by atoms with Gasteiger partial charge in [0.2, 0.25) is 0 Å². The van der Waals surface area contributed by atoms with E-state index in [-0.39, 0.29) is 11.1 Å². The topological polar surface area (TPSA) is 3.24 Å². The van der Waals surface area contributed by atoms with Crippen molar-refractivity contribution in [3.05, 3.63) is 71.8 Å². The van der Waals surface area contributed by atoms with Gasteiger partial charge < -0.3 is 0 Å². The summed E-state index contributed by atoms with van der Waals surface area (Å²) in [7, 11) is 0. The fourth-order valence-electron chi connectivity index (χ4n) is 3.92. The number of nitrogens with zero attached hydrogens (tertiary/aromatic N) is 1. The lowest BCUT2D eigenvalue weighted by Gasteiger charge is -2.47. The minimum absolute atomic E-state index is 0.0147. The van der Waals surface area contributed by atoms with Crippen LogP contribution < -0.4 is 0 Å². The van der Waals surface area contributed by atoms with Gasteiger partial charge in [0.05, 0.1) is 5.54 Å². The molecule has 0 spiro atoms. The van der Waals surface area contributed by atoms with Gasteiger partial charge >= 0.3 is 0 Å². The third-order valence-electron chi connectivity index (χ3n) is 4.69. The summed E-state index contributed by atoms with van der Waals surface area (Å²) in [5.41, 5.74) is 3.01. The minimum Gasteiger partial charge on any atom is -0.285 e. The molecule has 0 amide bonds. The molecule has 0 aliphatic carbocycles. The number of hydrogen-bond donors (Lipinski definition) is 0. The zero-order valence-corrected chi connectivity index (χ0v) is 13.3. The molecule has 0 unspecified atom stereocenters. The van der Waals surface area contributed by atoms with E-state index in [1.54, 1.807) is 0 Å². The molecule has 0 N–H and O–H groups in total. The van der Waals surface area contributed by atoms with Crippen molar-refractivity contribution < 1.29 is 0 Å². The van der Waals surface area contributed by atoms with E-state index in [9.17, 15) is 0 Å². The van der Waals surface area contributed by atoms with Crippen LogP contribution in [0.1, 0.15) is 44.7 Å². The van der Waals surface area contributed by atoms with Gasteiger partial charge in [0.15, 0.2) is 0 Å². The summed E-state index contributed by atoms with van der Waals surface area (Å²) in [6.45, 7) is 8.16. The molecule has 0 saturated carbocycles. The van der Waals surface area contributed by atoms with Crippen LogP contribution in [0.15, 0.2) is 60.7 Å². The van der Waals surface area contributed by atoms with Gasteiger partial charge in [0.25, 0.3) is 0 Å². The van der Waals surface area contributed by atoms with Crippen LogP contribution in [0.3, 0.4) is 0 Å². The van der Waals surface area contributed by atoms with Crippen LogP contribution in [0.2, 0.25) is 0 Å². The van der Waals surface area contributed by atoms with E-state index in [1.165, 1.54) is 24.0 Å². The van der Waals surface area contributed by atoms with Gasteiger partial charge in [-0.2, -0.15) is 0 Å². The van der Waals surface area contributed by atoms with Crippen LogP contribution in [0.25, 0.3) is 0 Å². The Hall–Kier alpha value is -1.60. The van der Waals surface area contributed by atoms with Crippen molar-refractivity contribution >= 4 is 0 Å². The van der Waals surface area contributed by atoms with Crippen LogP contribution in [-0.4, -0.2) is 17.0 Å². The van der Waals surface area contributed by atoms with E-state index in [4.69, 9.17) is 0 Å². The van der Waals surface area contributed by atoms with Crippen molar-refractivity contribution in [2.75, 3.05) is 6.54 Å². The molecule has 2 aromatic rings. The quantitative estimate of drug-likeness (QED) is 0.761. The maximum absolute atomic E-state index is 2.69. The molecule has 1 heteroatoms. The highest BCUT2D eigenvalue weighted by atomic mass is 15.3. The number of rotatable bonds is 2. The number of hydrogen-bond acceptors (Lipinski definition) is 1. The molecule has 0 atom stereocenters. The van der Waals surface area contributed by atoms with Crippen molar-refractivity contribution in [3.63, 3.8) is 0 Å². The summed E-state index contributed by atoms with van der Waals surface area (Å²) in [6.07, 6.45) is 2.44. The fourth-order valence-corrected chi connectivity index (χ4v) is 3.92. The lowest BCUT2D eigenvalue weighted by atomic mass is 9.78. The smallest absolute Gasteiger partial charge is 0.0720 e. The molecule has 0 radical (unpaired) electrons. The second kappa shape index (κ2) is 5.31. The lowest BCUT2D eigenvalue weighted by molar-refractivity contribution is 0.0681. The van der Waals surface area contributed by atoms with E-state index in [2.05, 4.69) is 86.3 Å². The van der Waals surface area contributed by atoms with Gasteiger partial charge in [-0.05, 0) is 51.3 Å². The Bertz CT molecular complexity index is 541. The zero-order valence-electron chi connectivity index (χ0n) is 13.3. The van der Waals surface area contributed by atoms with Gasteiger partial charge in [-0.1, -0.05) is 60.7 Å². The van der Waals surface area contributed by atoms with Crippen LogP contribution >= 0.6 is 0 Å². The largest absolute Gasteiger partial charge is 0.285 e. The first kappa shape index (κ1) is 14.3. The monoisotopic (exact) mass is 279 g/mol. The second-order valence-corrected chi connectivity index (χ2v) is 7.02. The van der Waals surface area contributed by atoms with Crippen molar-refractivity contribution in [1.29, 1.82) is 0 Å². The molecule has 1 nitrogen and oxygen atoms in total. The molecule has 1 fully saturated rings. The van der Waals surface area contributed by atoms with E-state index < -0.39 is 0 Å². The van der Waals surface area contributed by atoms with Crippen LogP contribution in [-0.2, 0) is 5.54 Å². The van der Waals surface area contributed by atoms with Crippen molar-refractivity contribution in [3.8, 4) is 0 Å². The van der Waals surface area contributed by atoms with Crippen LogP contribution in [0.5, 0.6) is 0 Å². The second-order valence-electron chi connectivity index (χ2n) is 7.02. The van der Waals surface area contributed by atoms with E-state index in [0.717, 1.165) is 6.54 Å². The van der Waals surface area contributed by atoms with Gasteiger partial charge in [0.1, 0.15) is 0 Å². The molecule has 1 heterocycles. The first-order chi connectivity index (χ1) is 10.0. The van der Waals surface area contributed by atoms with Crippen molar-refractivity contribution in [1.82, 2.24) is 4.90 Å². The maximum Gasteiger partial charge on any atom is 0.0720 e. The lowest BCUT2D eigenvalue weighted by Crippen LogP contribution is -2.52. The first-order valence-electron chi connectivity index (χ1n) is 7.94. The zero-order chi connectivity index (χ0) is 14.9. The molecule has 1 saturated heterocycles. The Morgan fingerprint density at radius 1 is 0.810 bits per heavy atom. The summed E-state index contributed by atoms with van der Waals surface area (Å²) >= 11 is 0. The highest BCUT2D eigenvalue weighted by Gasteiger charge is 2.47. The summed E-state index contributed by atoms with van der Waals surface area (Å²) in [5, 5.41) is 0. The predicted molar refractivity (Wildman–Crippen MR) is 89.4 cm³/mol. The van der Waals surface area contributed by atoms with E-state index in [1.807, 2.05) is 0 Å². The molecule has 0 aromatic heterocycles. The Morgan fingerprint density at radius 3 is 1.71 bits per heavy atom. The van der Waals surface area contributed by atoms with E-state index >= 15 is 0 Å². The molecular weight excluding hydrogens is 254 g/mol. The number of benzene rings is 2. The Balaban J connectivity index is 2.21. The molecule has 0 bridgehead atoms. The minimum atomic E-state index is 0.0147. The third kappa shape index (κ3) is 2.40. The number of likely N-dealkylation sites (tertiary alicyclic amines) is 1. The molecule has 2 aromatic carbocycles. The van der Waals surface area contributed by atoms with Gasteiger partial charge in [-0.3, -0.25) is 4.90 Å². The summed E-state index contributed by atoms with van der Waals surface area (Å²) < 4.78 is 0. The van der Waals surface area contributed by atoms with Gasteiger partial charge in [-0.25, -0.2) is 0 Å². The molecule has 1 aliphatic heterocycles. The molecule has 3 rings (SSSR count). The average molecular weight is 279 g/mol. The normalized spacial score (nSPS) is 18.8. The SMILES string of the molecule is CC(C)(C)N1CCCC1(c1ccccc1)c1ccccc1. The Kier molecular flexibility index (Phi) is 3.62. The molecule has 110 valence electrons. The standard InChI is InChI=1S/C20H25N/c1-19(2,3)21-16-10-15-20(21,17-11-6-4-7-12-17)18-13-8-5-9-14-18/h4-9,11-14H,10,15-16H2,1-3H3. The first-order valence-corrected chi connectivity index (χ1v) is 7.94. The Morgan fingerprint density at radius 2 is 1.29 bits per heavy atom. The highest BCUT2D eigenvalue weighted by Crippen LogP contribution is 2.47. The average Bonchev–Trinajstić information content (AvgIpc) is 2.95. The third-order valence-corrected chi connectivity index (χ3v) is 4.69. The van der Waals surface area contributed by atoms with E-state index in [0.29, 0.717) is 0 Å². The predicted octanol–water partition coefficient (Wildman–Crippen LogP) is 4.82. The molecular formula is C20H25N. The van der Waals surface area contributed by atoms with Crippen LogP contribution in [0, 0.1) is 0 Å². The summed E-state index contributed by atoms with van der Waals surface area (Å²) in [4.78, 5) is 2.69. The van der Waals surface area contributed by atoms with Crippen molar-refractivity contribution in [2.24, 2.45) is 0 Å². The van der Waals surface area contributed by atoms with Crippen LogP contribution in [0.4, 0.5) is 0 Å². The maximum atomic E-state index is 2.69. The Labute approximate surface area is 128 Å². The van der Waals surface area contributed by atoms with Crippen molar-refractivity contribution in [2.45, 2.75) is 44.7 Å². The van der Waals surface area contributed by atoms with Gasteiger partial charge in [0, 0.05) is 5.54 Å². The summed E-state index contributed by atoms with van der Waals surface area (Å²) in [5.74, 6) is 0.